The molecule has 0 atom stereocenters. The molecule has 0 spiro atoms. The number of rotatable bonds is 3. The molecule has 0 saturated carbocycles. The van der Waals surface area contributed by atoms with Gasteiger partial charge in [0.05, 0.1) is 19.9 Å². The molecule has 0 aliphatic carbocycles. The molecule has 100 valence electrons. The van der Waals surface area contributed by atoms with Gasteiger partial charge in [-0.25, -0.2) is 9.59 Å². The van der Waals surface area contributed by atoms with Crippen LogP contribution >= 0.6 is 11.3 Å². The van der Waals surface area contributed by atoms with Crippen molar-refractivity contribution in [3.8, 4) is 5.69 Å². The lowest BCUT2D eigenvalue weighted by Gasteiger charge is -2.00. The third kappa shape index (κ3) is 2.34. The second-order valence-corrected chi connectivity index (χ2v) is 4.46. The molecule has 0 bridgehead atoms. The van der Waals surface area contributed by atoms with Crippen LogP contribution in [0.1, 0.15) is 25.9 Å². The topological polar surface area (TPSA) is 83.3 Å². The maximum Gasteiger partial charge on any atom is 0.360 e. The molecule has 2 aromatic rings. The second kappa shape index (κ2) is 5.19. The average molecular weight is 281 g/mol. The van der Waals surface area contributed by atoms with Gasteiger partial charge in [0.2, 0.25) is 0 Å². The van der Waals surface area contributed by atoms with Gasteiger partial charge in [-0.2, -0.15) is 5.10 Å². The molecule has 7 nitrogen and oxygen atoms in total. The Hall–Kier alpha value is -2.22. The van der Waals surface area contributed by atoms with E-state index in [0.717, 1.165) is 0 Å². The molecule has 2 aromatic heterocycles. The lowest BCUT2D eigenvalue weighted by atomic mass is 10.3. The Bertz CT molecular complexity index is 632. The molecule has 0 amide bonds. The first-order valence-electron chi connectivity index (χ1n) is 5.27. The van der Waals surface area contributed by atoms with Crippen molar-refractivity contribution in [1.29, 1.82) is 0 Å². The molecule has 0 N–H and O–H groups in total. The Balaban J connectivity index is 2.46. The summed E-state index contributed by atoms with van der Waals surface area (Å²) in [5.74, 6) is -1.04. The molecule has 0 aromatic carbocycles. The number of ether oxygens (including phenoxy) is 2. The molecule has 0 unspecified atom stereocenters. The number of nitrogens with zero attached hydrogens (tertiary/aromatic N) is 3. The highest BCUT2D eigenvalue weighted by molar-refractivity contribution is 7.12. The minimum Gasteiger partial charge on any atom is -0.465 e. The van der Waals surface area contributed by atoms with Crippen LogP contribution in [0.2, 0.25) is 0 Å². The molecule has 0 aliphatic rings. The van der Waals surface area contributed by atoms with Crippen molar-refractivity contribution in [1.82, 2.24) is 15.0 Å². The number of esters is 2. The summed E-state index contributed by atoms with van der Waals surface area (Å²) >= 11 is 1.21. The zero-order valence-electron chi connectivity index (χ0n) is 10.5. The van der Waals surface area contributed by atoms with Gasteiger partial charge in [0.15, 0.2) is 5.69 Å². The van der Waals surface area contributed by atoms with Gasteiger partial charge in [-0.1, -0.05) is 0 Å². The van der Waals surface area contributed by atoms with Crippen molar-refractivity contribution in [2.45, 2.75) is 6.92 Å². The van der Waals surface area contributed by atoms with Crippen LogP contribution in [-0.4, -0.2) is 41.2 Å². The van der Waals surface area contributed by atoms with Gasteiger partial charge in [-0.3, -0.25) is 0 Å². The highest BCUT2D eigenvalue weighted by atomic mass is 32.1. The molecule has 0 saturated heterocycles. The molecule has 0 fully saturated rings. The predicted molar refractivity (Wildman–Crippen MR) is 66.7 cm³/mol. The quantitative estimate of drug-likeness (QED) is 0.786. The maximum absolute atomic E-state index is 11.6. The van der Waals surface area contributed by atoms with E-state index < -0.39 is 11.9 Å². The fourth-order valence-corrected chi connectivity index (χ4v) is 2.26. The van der Waals surface area contributed by atoms with Crippen LogP contribution in [0.15, 0.2) is 11.4 Å². The molecule has 19 heavy (non-hydrogen) atoms. The van der Waals surface area contributed by atoms with Gasteiger partial charge in [0.25, 0.3) is 0 Å². The van der Waals surface area contributed by atoms with E-state index in [-0.39, 0.29) is 5.69 Å². The van der Waals surface area contributed by atoms with E-state index in [9.17, 15) is 9.59 Å². The fraction of sp³-hybridized carbons (Fsp3) is 0.273. The van der Waals surface area contributed by atoms with Crippen LogP contribution in [0, 0.1) is 6.92 Å². The zero-order valence-corrected chi connectivity index (χ0v) is 11.4. The third-order valence-corrected chi connectivity index (χ3v) is 3.28. The van der Waals surface area contributed by atoms with Gasteiger partial charge >= 0.3 is 11.9 Å². The van der Waals surface area contributed by atoms with Crippen LogP contribution in [0.25, 0.3) is 5.69 Å². The van der Waals surface area contributed by atoms with Gasteiger partial charge in [-0.15, -0.1) is 21.2 Å². The minimum absolute atomic E-state index is 0.115. The van der Waals surface area contributed by atoms with Crippen molar-refractivity contribution < 1.29 is 19.1 Å². The Morgan fingerprint density at radius 2 is 1.89 bits per heavy atom. The van der Waals surface area contributed by atoms with Crippen molar-refractivity contribution in [2.75, 3.05) is 14.2 Å². The number of aromatic nitrogens is 3. The van der Waals surface area contributed by atoms with Crippen LogP contribution < -0.4 is 0 Å². The van der Waals surface area contributed by atoms with Gasteiger partial charge in [0.1, 0.15) is 10.6 Å². The molecular formula is C11H11N3O4S. The maximum atomic E-state index is 11.6. The summed E-state index contributed by atoms with van der Waals surface area (Å²) in [6, 6.07) is 1.68. The van der Waals surface area contributed by atoms with E-state index in [1.54, 1.807) is 18.4 Å². The molecule has 2 rings (SSSR count). The van der Waals surface area contributed by atoms with Crippen molar-refractivity contribution in [3.05, 3.63) is 27.7 Å². The number of thiophene rings is 1. The molecule has 0 aliphatic heterocycles. The van der Waals surface area contributed by atoms with Gasteiger partial charge < -0.3 is 9.47 Å². The standard InChI is InChI=1S/C11H11N3O4S/c1-6-8(10(15)17-2)13-14(12-6)7-4-5-19-9(7)11(16)18-3/h4-5H,1-3H3. The van der Waals surface area contributed by atoms with E-state index >= 15 is 0 Å². The average Bonchev–Trinajstić information content (AvgIpc) is 3.03. The lowest BCUT2D eigenvalue weighted by Crippen LogP contribution is -2.08. The van der Waals surface area contributed by atoms with E-state index in [1.807, 2.05) is 0 Å². The van der Waals surface area contributed by atoms with Crippen molar-refractivity contribution in [3.63, 3.8) is 0 Å². The van der Waals surface area contributed by atoms with Crippen LogP contribution in [0.4, 0.5) is 0 Å². The van der Waals surface area contributed by atoms with Gasteiger partial charge in [-0.05, 0) is 18.4 Å². The number of methoxy groups -OCH3 is 2. The molecular weight excluding hydrogens is 270 g/mol. The number of carbonyl (C=O) groups excluding carboxylic acids is 2. The van der Waals surface area contributed by atoms with E-state index in [0.29, 0.717) is 16.3 Å². The summed E-state index contributed by atoms with van der Waals surface area (Å²) in [5.41, 5.74) is 1.01. The third-order valence-electron chi connectivity index (χ3n) is 2.39. The van der Waals surface area contributed by atoms with Crippen molar-refractivity contribution in [2.24, 2.45) is 0 Å². The summed E-state index contributed by atoms with van der Waals surface area (Å²) in [5, 5.41) is 9.85. The smallest absolute Gasteiger partial charge is 0.360 e. The number of aryl methyl sites for hydroxylation is 1. The lowest BCUT2D eigenvalue weighted by molar-refractivity contribution is 0.0589. The largest absolute Gasteiger partial charge is 0.465 e. The van der Waals surface area contributed by atoms with Crippen LogP contribution in [-0.2, 0) is 9.47 Å². The number of carbonyl (C=O) groups is 2. The van der Waals surface area contributed by atoms with E-state index in [1.165, 1.54) is 30.4 Å². The summed E-state index contributed by atoms with van der Waals surface area (Å²) < 4.78 is 9.28. The fourth-order valence-electron chi connectivity index (χ4n) is 1.48. The Morgan fingerprint density at radius 3 is 2.53 bits per heavy atom. The van der Waals surface area contributed by atoms with E-state index in [2.05, 4.69) is 19.7 Å². The monoisotopic (exact) mass is 281 g/mol. The summed E-state index contributed by atoms with van der Waals surface area (Å²) in [6.07, 6.45) is 0. The minimum atomic E-state index is -0.571. The zero-order chi connectivity index (χ0) is 14.0. The van der Waals surface area contributed by atoms with Crippen LogP contribution in [0.3, 0.4) is 0 Å². The predicted octanol–water partition coefficient (Wildman–Crippen LogP) is 1.21. The Labute approximate surface area is 112 Å². The summed E-state index contributed by atoms with van der Waals surface area (Å²) in [7, 11) is 2.57. The number of hydrogen-bond donors (Lipinski definition) is 0. The van der Waals surface area contributed by atoms with E-state index in [4.69, 9.17) is 0 Å². The van der Waals surface area contributed by atoms with Crippen LogP contribution in [0.5, 0.6) is 0 Å². The highest BCUT2D eigenvalue weighted by Crippen LogP contribution is 2.21. The molecule has 0 radical (unpaired) electrons. The number of hydrogen-bond acceptors (Lipinski definition) is 7. The molecule has 8 heteroatoms. The first kappa shape index (κ1) is 13.2. The van der Waals surface area contributed by atoms with Gasteiger partial charge in [0, 0.05) is 0 Å². The summed E-state index contributed by atoms with van der Waals surface area (Å²) in [6.45, 7) is 1.64. The Morgan fingerprint density at radius 1 is 1.21 bits per heavy atom. The highest BCUT2D eigenvalue weighted by Gasteiger charge is 2.21. The summed E-state index contributed by atoms with van der Waals surface area (Å²) in [4.78, 5) is 24.6. The first-order valence-corrected chi connectivity index (χ1v) is 6.15. The molecule has 2 heterocycles. The normalized spacial score (nSPS) is 10.3. The van der Waals surface area contributed by atoms with Crippen molar-refractivity contribution >= 4 is 23.3 Å². The SMILES string of the molecule is COC(=O)c1nn(-c2ccsc2C(=O)OC)nc1C. The Kier molecular flexibility index (Phi) is 3.61. The second-order valence-electron chi connectivity index (χ2n) is 3.54. The first-order chi connectivity index (χ1) is 9.08.